The third-order valence-corrected chi connectivity index (χ3v) is 2.69. The van der Waals surface area contributed by atoms with Gasteiger partial charge in [0.25, 0.3) is 0 Å². The summed E-state index contributed by atoms with van der Waals surface area (Å²) in [6.45, 7) is 0.0562. The summed E-state index contributed by atoms with van der Waals surface area (Å²) >= 11 is 0. The number of carbonyl (C=O) groups is 1. The molecule has 4 heteroatoms. The highest BCUT2D eigenvalue weighted by Gasteiger charge is 2.07. The number of hydrogen-bond acceptors (Lipinski definition) is 3. The van der Waals surface area contributed by atoms with Gasteiger partial charge in [-0.3, -0.25) is 4.79 Å². The number of hydrogen-bond donors (Lipinski definition) is 0. The summed E-state index contributed by atoms with van der Waals surface area (Å²) in [7, 11) is 1.52. The van der Waals surface area contributed by atoms with Gasteiger partial charge in [-0.2, -0.15) is 0 Å². The van der Waals surface area contributed by atoms with Crippen molar-refractivity contribution in [2.24, 2.45) is 0 Å². The summed E-state index contributed by atoms with van der Waals surface area (Å²) in [6.07, 6.45) is 0.691. The number of carbonyl (C=O) groups excluding carboxylic acids is 1. The molecular weight excluding hydrogens is 247 g/mol. The summed E-state index contributed by atoms with van der Waals surface area (Å²) in [5, 5.41) is 0. The molecule has 2 rings (SSSR count). The van der Waals surface area contributed by atoms with Gasteiger partial charge in [-0.05, 0) is 18.2 Å². The summed E-state index contributed by atoms with van der Waals surface area (Å²) in [6, 6.07) is 11.2. The average Bonchev–Trinajstić information content (AvgIpc) is 2.46. The van der Waals surface area contributed by atoms with Crippen LogP contribution in [0.3, 0.4) is 0 Å². The van der Waals surface area contributed by atoms with E-state index in [-0.39, 0.29) is 12.4 Å². The quantitative estimate of drug-likeness (QED) is 0.774. The minimum atomic E-state index is -0.335. The number of methoxy groups -OCH3 is 1. The van der Waals surface area contributed by atoms with Crippen LogP contribution < -0.4 is 9.47 Å². The molecule has 0 fully saturated rings. The van der Waals surface area contributed by atoms with Crippen LogP contribution in [-0.2, 0) is 6.61 Å². The largest absolute Gasteiger partial charge is 0.497 e. The van der Waals surface area contributed by atoms with E-state index >= 15 is 0 Å². The maximum absolute atomic E-state index is 13.4. The van der Waals surface area contributed by atoms with E-state index in [0.717, 1.165) is 0 Å². The molecule has 2 aromatic rings. The lowest BCUT2D eigenvalue weighted by Gasteiger charge is -2.10. The van der Waals surface area contributed by atoms with Gasteiger partial charge in [-0.25, -0.2) is 4.39 Å². The lowest BCUT2D eigenvalue weighted by molar-refractivity contribution is 0.111. The first-order chi connectivity index (χ1) is 9.24. The molecule has 0 aliphatic rings. The van der Waals surface area contributed by atoms with Gasteiger partial charge in [0, 0.05) is 11.6 Å². The van der Waals surface area contributed by atoms with E-state index in [1.807, 2.05) is 0 Å². The monoisotopic (exact) mass is 260 g/mol. The Morgan fingerprint density at radius 3 is 2.68 bits per heavy atom. The minimum Gasteiger partial charge on any atom is -0.497 e. The Bertz CT molecular complexity index is 581. The van der Waals surface area contributed by atoms with Crippen molar-refractivity contribution < 1.29 is 18.7 Å². The molecule has 0 aromatic heterocycles. The van der Waals surface area contributed by atoms with Crippen LogP contribution in [-0.4, -0.2) is 13.4 Å². The standard InChI is InChI=1S/C15H13FO3/c1-18-13-7-6-11(9-17)15(8-13)19-10-12-4-2-3-5-14(12)16/h2-9H,10H2,1H3. The molecule has 0 spiro atoms. The Labute approximate surface area is 110 Å². The SMILES string of the molecule is COc1ccc(C=O)c(OCc2ccccc2F)c1. The predicted octanol–water partition coefficient (Wildman–Crippen LogP) is 3.23. The van der Waals surface area contributed by atoms with Gasteiger partial charge in [-0.15, -0.1) is 0 Å². The lowest BCUT2D eigenvalue weighted by atomic mass is 10.2. The fraction of sp³-hybridized carbons (Fsp3) is 0.133. The van der Waals surface area contributed by atoms with Gasteiger partial charge in [-0.1, -0.05) is 18.2 Å². The highest BCUT2D eigenvalue weighted by atomic mass is 19.1. The second-order valence-electron chi connectivity index (χ2n) is 3.90. The molecule has 98 valence electrons. The normalized spacial score (nSPS) is 10.0. The van der Waals surface area contributed by atoms with Crippen LogP contribution in [0, 0.1) is 5.82 Å². The van der Waals surface area contributed by atoms with Crippen molar-refractivity contribution in [2.45, 2.75) is 6.61 Å². The fourth-order valence-corrected chi connectivity index (χ4v) is 1.63. The van der Waals surface area contributed by atoms with Crippen molar-refractivity contribution in [1.82, 2.24) is 0 Å². The zero-order valence-corrected chi connectivity index (χ0v) is 10.4. The summed E-state index contributed by atoms with van der Waals surface area (Å²) in [5.74, 6) is 0.616. The second kappa shape index (κ2) is 6.00. The molecule has 0 heterocycles. The minimum absolute atomic E-state index is 0.0562. The van der Waals surface area contributed by atoms with E-state index in [1.54, 1.807) is 36.4 Å². The Kier molecular flexibility index (Phi) is 4.13. The molecule has 19 heavy (non-hydrogen) atoms. The molecule has 0 aliphatic heterocycles. The molecule has 0 bridgehead atoms. The van der Waals surface area contributed by atoms with Crippen LogP contribution in [0.1, 0.15) is 15.9 Å². The van der Waals surface area contributed by atoms with Gasteiger partial charge >= 0.3 is 0 Å². The second-order valence-corrected chi connectivity index (χ2v) is 3.90. The third kappa shape index (κ3) is 3.10. The molecule has 0 radical (unpaired) electrons. The maximum Gasteiger partial charge on any atom is 0.153 e. The molecule has 0 saturated carbocycles. The topological polar surface area (TPSA) is 35.5 Å². The van der Waals surface area contributed by atoms with Crippen LogP contribution in [0.4, 0.5) is 4.39 Å². The van der Waals surface area contributed by atoms with Gasteiger partial charge < -0.3 is 9.47 Å². The lowest BCUT2D eigenvalue weighted by Crippen LogP contribution is -2.00. The van der Waals surface area contributed by atoms with E-state index < -0.39 is 0 Å². The van der Waals surface area contributed by atoms with Crippen molar-refractivity contribution in [3.8, 4) is 11.5 Å². The van der Waals surface area contributed by atoms with Crippen LogP contribution >= 0.6 is 0 Å². The Morgan fingerprint density at radius 1 is 1.21 bits per heavy atom. The summed E-state index contributed by atoms with van der Waals surface area (Å²) in [5.41, 5.74) is 0.833. The Balaban J connectivity index is 2.19. The molecular formula is C15H13FO3. The van der Waals surface area contributed by atoms with E-state index in [2.05, 4.69) is 0 Å². The molecule has 0 N–H and O–H groups in total. The number of rotatable bonds is 5. The number of halogens is 1. The molecule has 0 unspecified atom stereocenters. The zero-order chi connectivity index (χ0) is 13.7. The molecule has 0 saturated heterocycles. The van der Waals surface area contributed by atoms with Gasteiger partial charge in [0.2, 0.25) is 0 Å². The van der Waals surface area contributed by atoms with Crippen molar-refractivity contribution in [3.05, 3.63) is 59.4 Å². The smallest absolute Gasteiger partial charge is 0.153 e. The van der Waals surface area contributed by atoms with Crippen molar-refractivity contribution in [1.29, 1.82) is 0 Å². The van der Waals surface area contributed by atoms with Crippen molar-refractivity contribution in [3.63, 3.8) is 0 Å². The van der Waals surface area contributed by atoms with E-state index in [0.29, 0.717) is 28.9 Å². The van der Waals surface area contributed by atoms with Crippen LogP contribution in [0.25, 0.3) is 0 Å². The molecule has 0 amide bonds. The van der Waals surface area contributed by atoms with Crippen molar-refractivity contribution in [2.75, 3.05) is 7.11 Å². The first-order valence-corrected chi connectivity index (χ1v) is 5.74. The molecule has 2 aromatic carbocycles. The maximum atomic E-state index is 13.4. The number of aldehydes is 1. The van der Waals surface area contributed by atoms with Crippen molar-refractivity contribution >= 4 is 6.29 Å². The highest BCUT2D eigenvalue weighted by molar-refractivity contribution is 5.79. The zero-order valence-electron chi connectivity index (χ0n) is 10.4. The summed E-state index contributed by atoms with van der Waals surface area (Å²) in [4.78, 5) is 10.9. The highest BCUT2D eigenvalue weighted by Crippen LogP contribution is 2.24. The third-order valence-electron chi connectivity index (χ3n) is 2.69. The van der Waals surface area contributed by atoms with Gasteiger partial charge in [0.05, 0.1) is 12.7 Å². The molecule has 0 aliphatic carbocycles. The summed E-state index contributed by atoms with van der Waals surface area (Å²) < 4.78 is 24.0. The Hall–Kier alpha value is -2.36. The fourth-order valence-electron chi connectivity index (χ4n) is 1.63. The predicted molar refractivity (Wildman–Crippen MR) is 69.1 cm³/mol. The molecule has 3 nitrogen and oxygen atoms in total. The van der Waals surface area contributed by atoms with Gasteiger partial charge in [0.15, 0.2) is 6.29 Å². The van der Waals surface area contributed by atoms with E-state index in [4.69, 9.17) is 9.47 Å². The van der Waals surface area contributed by atoms with Crippen LogP contribution in [0.2, 0.25) is 0 Å². The number of benzene rings is 2. The first kappa shape index (κ1) is 13.1. The van der Waals surface area contributed by atoms with Crippen LogP contribution in [0.5, 0.6) is 11.5 Å². The van der Waals surface area contributed by atoms with Gasteiger partial charge in [0.1, 0.15) is 23.9 Å². The van der Waals surface area contributed by atoms with Crippen LogP contribution in [0.15, 0.2) is 42.5 Å². The first-order valence-electron chi connectivity index (χ1n) is 5.74. The molecule has 0 atom stereocenters. The van der Waals surface area contributed by atoms with E-state index in [9.17, 15) is 9.18 Å². The average molecular weight is 260 g/mol. The Morgan fingerprint density at radius 2 is 2.00 bits per heavy atom. The number of ether oxygens (including phenoxy) is 2. The van der Waals surface area contributed by atoms with E-state index in [1.165, 1.54) is 13.2 Å².